The van der Waals surface area contributed by atoms with Crippen molar-refractivity contribution in [1.29, 1.82) is 0 Å². The van der Waals surface area contributed by atoms with Gasteiger partial charge in [0.15, 0.2) is 0 Å². The maximum absolute atomic E-state index is 8.54. The van der Waals surface area contributed by atoms with E-state index in [0.717, 1.165) is 24.0 Å². The molecule has 1 aromatic heterocycles. The predicted octanol–water partition coefficient (Wildman–Crippen LogP) is 0.661. The van der Waals surface area contributed by atoms with Gasteiger partial charge in [-0.1, -0.05) is 18.2 Å². The number of fused-ring (bicyclic) bond motifs is 1. The van der Waals surface area contributed by atoms with Gasteiger partial charge in [-0.2, -0.15) is 5.10 Å². The third-order valence-electron chi connectivity index (χ3n) is 2.54. The van der Waals surface area contributed by atoms with Crippen LogP contribution in [0.5, 0.6) is 0 Å². The van der Waals surface area contributed by atoms with Crippen LogP contribution in [0.1, 0.15) is 5.56 Å². The van der Waals surface area contributed by atoms with Crippen LogP contribution < -0.4 is 5.32 Å². The number of para-hydroxylation sites is 1. The lowest BCUT2D eigenvalue weighted by Gasteiger charge is -2.06. The van der Waals surface area contributed by atoms with Crippen LogP contribution in [0.15, 0.2) is 24.4 Å². The van der Waals surface area contributed by atoms with Gasteiger partial charge >= 0.3 is 0 Å². The maximum atomic E-state index is 8.54. The van der Waals surface area contributed by atoms with Crippen LogP contribution in [0.4, 0.5) is 0 Å². The Kier molecular flexibility index (Phi) is 4.49. The van der Waals surface area contributed by atoms with Crippen LogP contribution in [0.3, 0.4) is 0 Å². The molecule has 2 aromatic rings. The highest BCUT2D eigenvalue weighted by Crippen LogP contribution is 2.14. The summed E-state index contributed by atoms with van der Waals surface area (Å²) in [5.41, 5.74) is 2.28. The third kappa shape index (κ3) is 3.26. The van der Waals surface area contributed by atoms with E-state index in [-0.39, 0.29) is 6.61 Å². The van der Waals surface area contributed by atoms with Crippen LogP contribution in [0, 0.1) is 0 Å². The molecule has 0 amide bonds. The SMILES string of the molecule is OCCOCCNCc1cccc2cn[nH]c12. The third-order valence-corrected chi connectivity index (χ3v) is 2.54. The number of aromatic amines is 1. The largest absolute Gasteiger partial charge is 0.394 e. The van der Waals surface area contributed by atoms with Crippen molar-refractivity contribution in [2.24, 2.45) is 0 Å². The van der Waals surface area contributed by atoms with E-state index in [1.54, 1.807) is 0 Å². The molecule has 0 saturated carbocycles. The van der Waals surface area contributed by atoms with E-state index in [2.05, 4.69) is 21.6 Å². The van der Waals surface area contributed by atoms with Crippen molar-refractivity contribution in [3.63, 3.8) is 0 Å². The van der Waals surface area contributed by atoms with Gasteiger partial charge < -0.3 is 15.2 Å². The Morgan fingerprint density at radius 2 is 2.29 bits per heavy atom. The van der Waals surface area contributed by atoms with Crippen LogP contribution in [-0.2, 0) is 11.3 Å². The zero-order valence-electron chi connectivity index (χ0n) is 9.65. The minimum Gasteiger partial charge on any atom is -0.394 e. The normalized spacial score (nSPS) is 11.1. The monoisotopic (exact) mass is 235 g/mol. The van der Waals surface area contributed by atoms with Gasteiger partial charge in [0.05, 0.1) is 31.5 Å². The van der Waals surface area contributed by atoms with Crippen molar-refractivity contribution >= 4 is 10.9 Å². The Bertz CT molecular complexity index is 456. The Morgan fingerprint density at radius 3 is 3.18 bits per heavy atom. The summed E-state index contributed by atoms with van der Waals surface area (Å²) in [4.78, 5) is 0. The molecule has 0 radical (unpaired) electrons. The Hall–Kier alpha value is -1.43. The van der Waals surface area contributed by atoms with Crippen molar-refractivity contribution in [3.8, 4) is 0 Å². The number of aliphatic hydroxyl groups is 1. The van der Waals surface area contributed by atoms with E-state index in [1.165, 1.54) is 5.56 Å². The van der Waals surface area contributed by atoms with Gasteiger partial charge in [0.25, 0.3) is 0 Å². The van der Waals surface area contributed by atoms with Gasteiger partial charge in [-0.15, -0.1) is 0 Å². The number of hydrogen-bond donors (Lipinski definition) is 3. The summed E-state index contributed by atoms with van der Waals surface area (Å²) in [7, 11) is 0. The number of hydrogen-bond acceptors (Lipinski definition) is 4. The average Bonchev–Trinajstić information content (AvgIpc) is 2.82. The number of aromatic nitrogens is 2. The zero-order valence-corrected chi connectivity index (χ0v) is 9.65. The Labute approximate surface area is 99.8 Å². The van der Waals surface area contributed by atoms with Crippen molar-refractivity contribution in [2.75, 3.05) is 26.4 Å². The van der Waals surface area contributed by atoms with E-state index in [9.17, 15) is 0 Å². The second-order valence-electron chi connectivity index (χ2n) is 3.76. The highest BCUT2D eigenvalue weighted by molar-refractivity contribution is 5.81. The molecular weight excluding hydrogens is 218 g/mol. The molecule has 0 aliphatic rings. The minimum absolute atomic E-state index is 0.0768. The molecule has 0 atom stereocenters. The first-order valence-corrected chi connectivity index (χ1v) is 5.72. The zero-order chi connectivity index (χ0) is 11.9. The highest BCUT2D eigenvalue weighted by atomic mass is 16.5. The predicted molar refractivity (Wildman–Crippen MR) is 65.7 cm³/mol. The topological polar surface area (TPSA) is 70.2 Å². The minimum atomic E-state index is 0.0768. The van der Waals surface area contributed by atoms with Gasteiger partial charge in [0.1, 0.15) is 0 Å². The standard InChI is InChI=1S/C12H17N3O2/c16-5-7-17-6-4-13-8-10-2-1-3-11-9-14-15-12(10)11/h1-3,9,13,16H,4-8H2,(H,14,15). The van der Waals surface area contributed by atoms with Crippen LogP contribution in [0.25, 0.3) is 10.9 Å². The molecule has 1 aromatic carbocycles. The van der Waals surface area contributed by atoms with Crippen LogP contribution in [-0.4, -0.2) is 41.7 Å². The van der Waals surface area contributed by atoms with E-state index in [4.69, 9.17) is 9.84 Å². The summed E-state index contributed by atoms with van der Waals surface area (Å²) in [6.07, 6.45) is 1.82. The lowest BCUT2D eigenvalue weighted by atomic mass is 10.1. The molecule has 3 N–H and O–H groups in total. The first-order valence-electron chi connectivity index (χ1n) is 5.72. The van der Waals surface area contributed by atoms with E-state index >= 15 is 0 Å². The molecule has 5 nitrogen and oxygen atoms in total. The lowest BCUT2D eigenvalue weighted by Crippen LogP contribution is -2.20. The summed E-state index contributed by atoms with van der Waals surface area (Å²) < 4.78 is 5.16. The molecule has 0 aliphatic heterocycles. The van der Waals surface area contributed by atoms with Crippen LogP contribution in [0.2, 0.25) is 0 Å². The van der Waals surface area contributed by atoms with Gasteiger partial charge in [-0.25, -0.2) is 0 Å². The number of rotatable bonds is 7. The number of H-pyrrole nitrogens is 1. The molecule has 0 spiro atoms. The second kappa shape index (κ2) is 6.34. The Balaban J connectivity index is 1.80. The fourth-order valence-corrected chi connectivity index (χ4v) is 1.71. The molecular formula is C12H17N3O2. The molecule has 2 rings (SSSR count). The number of nitrogens with one attached hydrogen (secondary N) is 2. The van der Waals surface area contributed by atoms with Gasteiger partial charge in [0, 0.05) is 18.5 Å². The molecule has 0 fully saturated rings. The summed E-state index contributed by atoms with van der Waals surface area (Å²) in [6, 6.07) is 6.13. The molecule has 0 saturated heterocycles. The van der Waals surface area contributed by atoms with E-state index < -0.39 is 0 Å². The van der Waals surface area contributed by atoms with Crippen molar-refractivity contribution in [2.45, 2.75) is 6.54 Å². The number of nitrogens with zero attached hydrogens (tertiary/aromatic N) is 1. The molecule has 0 unspecified atom stereocenters. The molecule has 5 heteroatoms. The highest BCUT2D eigenvalue weighted by Gasteiger charge is 2.01. The maximum Gasteiger partial charge on any atom is 0.0698 e. The summed E-state index contributed by atoms with van der Waals surface area (Å²) in [5, 5.41) is 20.0. The molecule has 0 aliphatic carbocycles. The first kappa shape index (κ1) is 12.0. The fourth-order valence-electron chi connectivity index (χ4n) is 1.71. The molecule has 17 heavy (non-hydrogen) atoms. The summed E-state index contributed by atoms with van der Waals surface area (Å²) in [6.45, 7) is 2.64. The quantitative estimate of drug-likeness (QED) is 0.617. The fraction of sp³-hybridized carbons (Fsp3) is 0.417. The van der Waals surface area contributed by atoms with Gasteiger partial charge in [-0.05, 0) is 5.56 Å². The number of benzene rings is 1. The van der Waals surface area contributed by atoms with Crippen molar-refractivity contribution in [3.05, 3.63) is 30.0 Å². The molecule has 0 bridgehead atoms. The smallest absolute Gasteiger partial charge is 0.0698 e. The second-order valence-corrected chi connectivity index (χ2v) is 3.76. The van der Waals surface area contributed by atoms with Gasteiger partial charge in [-0.3, -0.25) is 5.10 Å². The Morgan fingerprint density at radius 1 is 1.35 bits per heavy atom. The number of aliphatic hydroxyl groups excluding tert-OH is 1. The lowest BCUT2D eigenvalue weighted by molar-refractivity contribution is 0.0938. The average molecular weight is 235 g/mol. The molecule has 92 valence electrons. The van der Waals surface area contributed by atoms with Crippen molar-refractivity contribution < 1.29 is 9.84 Å². The van der Waals surface area contributed by atoms with Crippen molar-refractivity contribution in [1.82, 2.24) is 15.5 Å². The first-order chi connectivity index (χ1) is 8.42. The van der Waals surface area contributed by atoms with E-state index in [1.807, 2.05) is 18.3 Å². The van der Waals surface area contributed by atoms with E-state index in [0.29, 0.717) is 13.2 Å². The molecule has 1 heterocycles. The number of ether oxygens (including phenoxy) is 1. The summed E-state index contributed by atoms with van der Waals surface area (Å²) >= 11 is 0. The summed E-state index contributed by atoms with van der Waals surface area (Å²) in [5.74, 6) is 0. The van der Waals surface area contributed by atoms with Gasteiger partial charge in [0.2, 0.25) is 0 Å². The van der Waals surface area contributed by atoms with Crippen LogP contribution >= 0.6 is 0 Å².